The standard InChI is InChI=1S/C9H17N5O6SSi/c1-22(2,3)5-4-20-9(16)11-6-7(12-13-10)14(8(6)15)21(17,18)19/h6-7H,4-5H2,1-3H3,(H,11,16)(H,17,18,19)/t6-,7-/m1/s1. The number of rotatable bonds is 6. The molecule has 2 N–H and O–H groups in total. The summed E-state index contributed by atoms with van der Waals surface area (Å²) in [5.41, 5.74) is 8.36. The number of hydrogen-bond donors (Lipinski definition) is 2. The highest BCUT2D eigenvalue weighted by molar-refractivity contribution is 7.84. The van der Waals surface area contributed by atoms with Gasteiger partial charge in [-0.1, -0.05) is 24.8 Å². The molecule has 0 aromatic carbocycles. The van der Waals surface area contributed by atoms with Crippen molar-refractivity contribution in [1.29, 1.82) is 0 Å². The maximum atomic E-state index is 11.6. The molecule has 22 heavy (non-hydrogen) atoms. The number of hydrogen-bond acceptors (Lipinski definition) is 6. The number of carbonyl (C=O) groups excluding carboxylic acids is 2. The topological polar surface area (TPSA) is 162 Å². The lowest BCUT2D eigenvalue weighted by Gasteiger charge is -2.41. The quantitative estimate of drug-likeness (QED) is 0.179. The number of azide groups is 1. The van der Waals surface area contributed by atoms with Crippen LogP contribution in [0.1, 0.15) is 0 Å². The van der Waals surface area contributed by atoms with Crippen molar-refractivity contribution < 1.29 is 27.3 Å². The summed E-state index contributed by atoms with van der Waals surface area (Å²) in [5, 5.41) is 5.18. The number of alkyl carbamates (subject to hydrolysis) is 1. The summed E-state index contributed by atoms with van der Waals surface area (Å²) in [5.74, 6) is -1.11. The first kappa shape index (κ1) is 18.2. The fraction of sp³-hybridized carbons (Fsp3) is 0.778. The van der Waals surface area contributed by atoms with Gasteiger partial charge in [-0.2, -0.15) is 8.42 Å². The van der Waals surface area contributed by atoms with Crippen LogP contribution in [-0.4, -0.2) is 56.2 Å². The maximum absolute atomic E-state index is 11.6. The smallest absolute Gasteiger partial charge is 0.407 e. The molecule has 1 aliphatic heterocycles. The minimum Gasteiger partial charge on any atom is -0.450 e. The van der Waals surface area contributed by atoms with Crippen LogP contribution in [0.5, 0.6) is 0 Å². The number of nitrogens with one attached hydrogen (secondary N) is 1. The van der Waals surface area contributed by atoms with Crippen molar-refractivity contribution in [3.8, 4) is 0 Å². The van der Waals surface area contributed by atoms with Crippen LogP contribution < -0.4 is 5.32 Å². The average Bonchev–Trinajstić information content (AvgIpc) is 2.32. The van der Waals surface area contributed by atoms with Gasteiger partial charge in [-0.3, -0.25) is 9.35 Å². The molecule has 2 atom stereocenters. The molecule has 1 saturated heterocycles. The molecular weight excluding hydrogens is 334 g/mol. The van der Waals surface area contributed by atoms with E-state index in [1.807, 2.05) is 0 Å². The summed E-state index contributed by atoms with van der Waals surface area (Å²) in [6.45, 7) is 6.43. The Balaban J connectivity index is 2.64. The fourth-order valence-electron chi connectivity index (χ4n) is 1.62. The third-order valence-electron chi connectivity index (χ3n) is 2.80. The second kappa shape index (κ2) is 6.52. The van der Waals surface area contributed by atoms with Crippen LogP contribution >= 0.6 is 0 Å². The highest BCUT2D eigenvalue weighted by Crippen LogP contribution is 2.24. The van der Waals surface area contributed by atoms with Crippen molar-refractivity contribution in [3.05, 3.63) is 10.4 Å². The lowest BCUT2D eigenvalue weighted by atomic mass is 10.1. The number of β-lactam (4-membered cyclic amide) rings is 1. The van der Waals surface area contributed by atoms with Crippen molar-refractivity contribution in [2.45, 2.75) is 37.9 Å². The zero-order valence-corrected chi connectivity index (χ0v) is 14.1. The summed E-state index contributed by atoms with van der Waals surface area (Å²) in [4.78, 5) is 25.5. The van der Waals surface area contributed by atoms with Gasteiger partial charge >= 0.3 is 16.4 Å². The lowest BCUT2D eigenvalue weighted by Crippen LogP contribution is -2.71. The largest absolute Gasteiger partial charge is 0.450 e. The molecule has 2 amide bonds. The number of amides is 2. The van der Waals surface area contributed by atoms with E-state index in [2.05, 4.69) is 35.0 Å². The Morgan fingerprint density at radius 2 is 2.14 bits per heavy atom. The molecule has 0 aliphatic carbocycles. The second-order valence-electron chi connectivity index (χ2n) is 5.80. The van der Waals surface area contributed by atoms with E-state index in [0.717, 1.165) is 6.04 Å². The summed E-state index contributed by atoms with van der Waals surface area (Å²) in [7, 11) is -6.25. The second-order valence-corrected chi connectivity index (χ2v) is 12.7. The predicted octanol–water partition coefficient (Wildman–Crippen LogP) is 0.701. The molecule has 1 aliphatic rings. The van der Waals surface area contributed by atoms with Gasteiger partial charge in [0.1, 0.15) is 6.04 Å². The summed E-state index contributed by atoms with van der Waals surface area (Å²) < 4.78 is 35.6. The minimum absolute atomic E-state index is 0.0142. The Bertz CT molecular complexity index is 610. The lowest BCUT2D eigenvalue weighted by molar-refractivity contribution is -0.141. The molecular formula is C9H17N5O6SSi. The minimum atomic E-state index is -4.86. The van der Waals surface area contributed by atoms with Gasteiger partial charge in [0.15, 0.2) is 6.17 Å². The first-order valence-electron chi connectivity index (χ1n) is 6.25. The summed E-state index contributed by atoms with van der Waals surface area (Å²) in [6, 6.07) is -0.673. The summed E-state index contributed by atoms with van der Waals surface area (Å²) >= 11 is 0. The van der Waals surface area contributed by atoms with E-state index in [0.29, 0.717) is 0 Å². The molecule has 124 valence electrons. The first-order chi connectivity index (χ1) is 9.97. The average molecular weight is 351 g/mol. The molecule has 0 spiro atoms. The number of nitrogens with zero attached hydrogens (tertiary/aromatic N) is 4. The zero-order chi connectivity index (χ0) is 17.1. The Morgan fingerprint density at radius 1 is 1.55 bits per heavy atom. The molecule has 11 nitrogen and oxygen atoms in total. The Kier molecular flexibility index (Phi) is 5.40. The third-order valence-corrected chi connectivity index (χ3v) is 5.40. The maximum Gasteiger partial charge on any atom is 0.407 e. The van der Waals surface area contributed by atoms with Crippen molar-refractivity contribution in [2.24, 2.45) is 5.11 Å². The van der Waals surface area contributed by atoms with Crippen LogP contribution in [0.15, 0.2) is 5.11 Å². The van der Waals surface area contributed by atoms with E-state index in [-0.39, 0.29) is 10.9 Å². The van der Waals surface area contributed by atoms with Crippen LogP contribution in [-0.2, 0) is 19.8 Å². The first-order valence-corrected chi connectivity index (χ1v) is 11.4. The third kappa shape index (κ3) is 4.59. The van der Waals surface area contributed by atoms with Gasteiger partial charge in [-0.15, -0.1) is 0 Å². The molecule has 0 radical (unpaired) electrons. The molecule has 0 saturated carbocycles. The zero-order valence-electron chi connectivity index (χ0n) is 12.3. The van der Waals surface area contributed by atoms with Crippen LogP contribution in [0.2, 0.25) is 25.7 Å². The van der Waals surface area contributed by atoms with E-state index >= 15 is 0 Å². The van der Waals surface area contributed by atoms with Crippen molar-refractivity contribution in [2.75, 3.05) is 6.61 Å². The molecule has 0 aromatic rings. The van der Waals surface area contributed by atoms with Gasteiger partial charge in [0, 0.05) is 13.0 Å². The SMILES string of the molecule is C[Si](C)(C)CCOC(=O)N[C@H]1C(=O)N(S(=O)(=O)O)[C@H]1N=[N+]=[N-]. The highest BCUT2D eigenvalue weighted by Gasteiger charge is 2.54. The monoisotopic (exact) mass is 351 g/mol. The van der Waals surface area contributed by atoms with E-state index in [4.69, 9.17) is 14.8 Å². The molecule has 1 fully saturated rings. The fourth-order valence-corrected chi connectivity index (χ4v) is 3.11. The van der Waals surface area contributed by atoms with Gasteiger partial charge in [0.25, 0.3) is 5.91 Å². The molecule has 1 rings (SSSR count). The van der Waals surface area contributed by atoms with Gasteiger partial charge < -0.3 is 10.1 Å². The predicted molar refractivity (Wildman–Crippen MR) is 77.8 cm³/mol. The molecule has 0 bridgehead atoms. The van der Waals surface area contributed by atoms with Gasteiger partial charge in [-0.05, 0) is 11.6 Å². The van der Waals surface area contributed by atoms with Gasteiger partial charge in [0.05, 0.1) is 6.61 Å². The Hall–Kier alpha value is -1.82. The van der Waals surface area contributed by atoms with Gasteiger partial charge in [0.2, 0.25) is 0 Å². The van der Waals surface area contributed by atoms with E-state index in [1.165, 1.54) is 0 Å². The summed E-state index contributed by atoms with van der Waals surface area (Å²) in [6.07, 6.45) is -2.48. The molecule has 0 unspecified atom stereocenters. The van der Waals surface area contributed by atoms with E-state index in [1.54, 1.807) is 0 Å². The highest BCUT2D eigenvalue weighted by atomic mass is 32.2. The van der Waals surface area contributed by atoms with Crippen LogP contribution in [0, 0.1) is 0 Å². The van der Waals surface area contributed by atoms with E-state index < -0.39 is 42.6 Å². The van der Waals surface area contributed by atoms with Gasteiger partial charge in [-0.25, -0.2) is 9.10 Å². The normalized spacial score (nSPS) is 21.6. The Labute approximate surface area is 128 Å². The van der Waals surface area contributed by atoms with Crippen molar-refractivity contribution in [1.82, 2.24) is 9.62 Å². The van der Waals surface area contributed by atoms with Crippen molar-refractivity contribution in [3.63, 3.8) is 0 Å². The van der Waals surface area contributed by atoms with Crippen LogP contribution in [0.25, 0.3) is 10.4 Å². The molecule has 13 heteroatoms. The Morgan fingerprint density at radius 3 is 2.59 bits per heavy atom. The number of ether oxygens (including phenoxy) is 1. The van der Waals surface area contributed by atoms with E-state index in [9.17, 15) is 18.0 Å². The molecule has 0 aromatic heterocycles. The number of carbonyl (C=O) groups is 2. The molecule has 1 heterocycles. The van der Waals surface area contributed by atoms with Crippen molar-refractivity contribution >= 4 is 30.4 Å². The van der Waals surface area contributed by atoms with Crippen LogP contribution in [0.3, 0.4) is 0 Å². The van der Waals surface area contributed by atoms with Crippen LogP contribution in [0.4, 0.5) is 4.79 Å².